The van der Waals surface area contributed by atoms with Crippen molar-refractivity contribution in [3.05, 3.63) is 0 Å². The van der Waals surface area contributed by atoms with Gasteiger partial charge in [0, 0.05) is 6.54 Å². The Bertz CT molecular complexity index is 118. The van der Waals surface area contributed by atoms with Crippen molar-refractivity contribution in [1.29, 1.82) is 0 Å². The minimum Gasteiger partial charge on any atom is -0.389 e. The van der Waals surface area contributed by atoms with Crippen LogP contribution < -0.4 is 0 Å². The fraction of sp³-hybridized carbons (Fsp3) is 1.00. The van der Waals surface area contributed by atoms with E-state index in [1.54, 1.807) is 0 Å². The highest BCUT2D eigenvalue weighted by atomic mass is 16.5. The minimum atomic E-state index is -1.67. The second-order valence-electron chi connectivity index (χ2n) is 2.35. The maximum atomic E-state index is 8.98. The second-order valence-corrected chi connectivity index (χ2v) is 2.35. The molecule has 0 radical (unpaired) electrons. The molecule has 4 N–H and O–H groups in total. The fourth-order valence-electron chi connectivity index (χ4n) is 1.04. The zero-order chi connectivity index (χ0) is 7.72. The molecule has 0 aliphatic carbocycles. The Kier molecular flexibility index (Phi) is 2.22. The monoisotopic (exact) mass is 149 g/mol. The van der Waals surface area contributed by atoms with Gasteiger partial charge in [-0.15, -0.1) is 0 Å². The molecule has 60 valence electrons. The number of aliphatic hydroxyl groups is 4. The average Bonchev–Trinajstić information content (AvgIpc) is 2.14. The topological polar surface area (TPSA) is 84.2 Å². The van der Waals surface area contributed by atoms with Crippen LogP contribution in [0.2, 0.25) is 0 Å². The molecule has 1 aliphatic heterocycles. The minimum absolute atomic E-state index is 0.306. The summed E-state index contributed by atoms with van der Waals surface area (Å²) in [5.41, 5.74) is 0. The van der Waals surface area contributed by atoms with Gasteiger partial charge in [0.25, 0.3) is 0 Å². The van der Waals surface area contributed by atoms with E-state index in [9.17, 15) is 0 Å². The number of rotatable bonds is 1. The largest absolute Gasteiger partial charge is 0.389 e. The summed E-state index contributed by atoms with van der Waals surface area (Å²) in [6, 6.07) is 0. The van der Waals surface area contributed by atoms with Crippen LogP contribution in [0, 0.1) is 0 Å². The van der Waals surface area contributed by atoms with Gasteiger partial charge in [0.05, 0.1) is 6.10 Å². The third-order valence-electron chi connectivity index (χ3n) is 1.66. The van der Waals surface area contributed by atoms with E-state index in [1.807, 2.05) is 0 Å². The number of hydrogen-bond acceptors (Lipinski definition) is 5. The predicted octanol–water partition coefficient (Wildman–Crippen LogP) is -2.36. The summed E-state index contributed by atoms with van der Waals surface area (Å²) >= 11 is 0. The molecule has 1 rings (SSSR count). The van der Waals surface area contributed by atoms with E-state index in [4.69, 9.17) is 20.4 Å². The van der Waals surface area contributed by atoms with Crippen LogP contribution in [0.4, 0.5) is 0 Å². The van der Waals surface area contributed by atoms with Crippen LogP contribution in [-0.4, -0.2) is 50.6 Å². The third-order valence-corrected chi connectivity index (χ3v) is 1.66. The molecule has 0 spiro atoms. The number of likely N-dealkylation sites (tertiary alicyclic amines) is 1. The Morgan fingerprint density at radius 2 is 1.90 bits per heavy atom. The van der Waals surface area contributed by atoms with Crippen LogP contribution in [0.25, 0.3) is 0 Å². The van der Waals surface area contributed by atoms with E-state index in [2.05, 4.69) is 0 Å². The molecular weight excluding hydrogens is 138 g/mol. The molecule has 1 saturated heterocycles. The highest BCUT2D eigenvalue weighted by Crippen LogP contribution is 2.16. The molecule has 5 heteroatoms. The van der Waals surface area contributed by atoms with E-state index in [1.165, 1.54) is 0 Å². The molecule has 0 aromatic rings. The van der Waals surface area contributed by atoms with Gasteiger partial charge in [0.1, 0.15) is 6.23 Å². The SMILES string of the molecule is OC1CCN(C(O)O)C1O. The molecule has 1 fully saturated rings. The molecular formula is C5H11NO4. The Labute approximate surface area is 58.1 Å². The van der Waals surface area contributed by atoms with Gasteiger partial charge in [0.15, 0.2) is 0 Å². The lowest BCUT2D eigenvalue weighted by atomic mass is 10.3. The van der Waals surface area contributed by atoms with Crippen LogP contribution in [0.1, 0.15) is 6.42 Å². The van der Waals surface area contributed by atoms with Crippen LogP contribution >= 0.6 is 0 Å². The first-order valence-corrected chi connectivity index (χ1v) is 3.11. The van der Waals surface area contributed by atoms with Gasteiger partial charge in [-0.25, -0.2) is 4.90 Å². The summed E-state index contributed by atoms with van der Waals surface area (Å²) in [7, 11) is 0. The first-order valence-electron chi connectivity index (χ1n) is 3.11. The van der Waals surface area contributed by atoms with Crippen molar-refractivity contribution in [2.45, 2.75) is 25.2 Å². The van der Waals surface area contributed by atoms with Crippen molar-refractivity contribution in [2.75, 3.05) is 6.54 Å². The predicted molar refractivity (Wildman–Crippen MR) is 31.6 cm³/mol. The van der Waals surface area contributed by atoms with Gasteiger partial charge in [-0.1, -0.05) is 0 Å². The maximum absolute atomic E-state index is 8.98. The van der Waals surface area contributed by atoms with Gasteiger partial charge in [-0.05, 0) is 6.42 Å². The Morgan fingerprint density at radius 1 is 1.30 bits per heavy atom. The fourth-order valence-corrected chi connectivity index (χ4v) is 1.04. The van der Waals surface area contributed by atoms with E-state index < -0.39 is 18.7 Å². The zero-order valence-electron chi connectivity index (χ0n) is 5.38. The van der Waals surface area contributed by atoms with Gasteiger partial charge in [-0.3, -0.25) is 0 Å². The molecule has 1 heterocycles. The Morgan fingerprint density at radius 3 is 2.10 bits per heavy atom. The molecule has 5 nitrogen and oxygen atoms in total. The normalized spacial score (nSPS) is 35.7. The summed E-state index contributed by atoms with van der Waals surface area (Å²) in [5.74, 6) is 0. The number of hydrogen-bond donors (Lipinski definition) is 4. The van der Waals surface area contributed by atoms with E-state index >= 15 is 0 Å². The lowest BCUT2D eigenvalue weighted by molar-refractivity contribution is -0.202. The third kappa shape index (κ3) is 1.28. The van der Waals surface area contributed by atoms with Crippen molar-refractivity contribution in [1.82, 2.24) is 4.90 Å². The molecule has 2 unspecified atom stereocenters. The van der Waals surface area contributed by atoms with Gasteiger partial charge in [-0.2, -0.15) is 0 Å². The van der Waals surface area contributed by atoms with Crippen molar-refractivity contribution >= 4 is 0 Å². The van der Waals surface area contributed by atoms with Crippen LogP contribution in [0.3, 0.4) is 0 Å². The van der Waals surface area contributed by atoms with E-state index in [-0.39, 0.29) is 0 Å². The van der Waals surface area contributed by atoms with Crippen LogP contribution in [-0.2, 0) is 0 Å². The molecule has 10 heavy (non-hydrogen) atoms. The smallest absolute Gasteiger partial charge is 0.215 e. The summed E-state index contributed by atoms with van der Waals surface area (Å²) in [6.45, 7) is 0.306. The number of aliphatic hydroxyl groups excluding tert-OH is 3. The van der Waals surface area contributed by atoms with Gasteiger partial charge in [0.2, 0.25) is 6.41 Å². The van der Waals surface area contributed by atoms with Crippen LogP contribution in [0.15, 0.2) is 0 Å². The van der Waals surface area contributed by atoms with Gasteiger partial charge >= 0.3 is 0 Å². The lowest BCUT2D eigenvalue weighted by Gasteiger charge is -2.22. The van der Waals surface area contributed by atoms with E-state index in [0.717, 1.165) is 4.90 Å². The zero-order valence-corrected chi connectivity index (χ0v) is 5.38. The summed E-state index contributed by atoms with van der Waals surface area (Å²) in [6.07, 6.45) is -3.30. The Balaban J connectivity index is 2.49. The lowest BCUT2D eigenvalue weighted by Crippen LogP contribution is -2.41. The van der Waals surface area contributed by atoms with Crippen molar-refractivity contribution < 1.29 is 20.4 Å². The summed E-state index contributed by atoms with van der Waals surface area (Å²) in [4.78, 5) is 1.00. The average molecular weight is 149 g/mol. The molecule has 0 aromatic heterocycles. The number of nitrogens with zero attached hydrogens (tertiary/aromatic N) is 1. The van der Waals surface area contributed by atoms with E-state index in [0.29, 0.717) is 13.0 Å². The Hall–Kier alpha value is -0.200. The summed E-state index contributed by atoms with van der Waals surface area (Å²) < 4.78 is 0. The van der Waals surface area contributed by atoms with Crippen molar-refractivity contribution in [3.8, 4) is 0 Å². The molecule has 1 aliphatic rings. The molecule has 2 atom stereocenters. The molecule has 0 bridgehead atoms. The first kappa shape index (κ1) is 7.90. The van der Waals surface area contributed by atoms with Crippen LogP contribution in [0.5, 0.6) is 0 Å². The summed E-state index contributed by atoms with van der Waals surface area (Å²) in [5, 5.41) is 35.0. The highest BCUT2D eigenvalue weighted by Gasteiger charge is 2.34. The molecule has 0 amide bonds. The second kappa shape index (κ2) is 2.81. The molecule has 0 saturated carbocycles. The maximum Gasteiger partial charge on any atom is 0.215 e. The van der Waals surface area contributed by atoms with Gasteiger partial charge < -0.3 is 20.4 Å². The van der Waals surface area contributed by atoms with Crippen molar-refractivity contribution in [2.24, 2.45) is 0 Å². The highest BCUT2D eigenvalue weighted by molar-refractivity contribution is 4.77. The van der Waals surface area contributed by atoms with Crippen molar-refractivity contribution in [3.63, 3.8) is 0 Å². The molecule has 0 aromatic carbocycles. The quantitative estimate of drug-likeness (QED) is 0.313. The first-order chi connectivity index (χ1) is 4.63. The standard InChI is InChI=1S/C5H11NO4/c7-3-1-2-6(4(3)8)5(9)10/h3-5,7-10H,1-2H2.